The molecule has 144 valence electrons. The molecule has 0 bridgehead atoms. The zero-order valence-corrected chi connectivity index (χ0v) is 12.5. The maximum Gasteiger partial charge on any atom is 0.674 e. The van der Waals surface area contributed by atoms with Crippen LogP contribution in [0, 0.1) is 5.92 Å². The third-order valence-corrected chi connectivity index (χ3v) is 1.00. The molecule has 0 aromatic heterocycles. The fourth-order valence-electron chi connectivity index (χ4n) is 0.285. The molecule has 0 saturated carbocycles. The second-order valence-corrected chi connectivity index (χ2v) is 3.35. The van der Waals surface area contributed by atoms with Gasteiger partial charge >= 0.3 is 35.6 Å². The molecule has 11 N–H and O–H groups in total. The zero-order valence-electron chi connectivity index (χ0n) is 12.5. The van der Waals surface area contributed by atoms with Crippen molar-refractivity contribution in [1.82, 2.24) is 0 Å². The quantitative estimate of drug-likeness (QED) is 0.165. The number of nitrogens with two attached hydrogens (primary N) is 1. The van der Waals surface area contributed by atoms with E-state index < -0.39 is 41.6 Å². The summed E-state index contributed by atoms with van der Waals surface area (Å²) in [5.41, 5.74) is 5.16. The number of hydrogen-bond acceptors (Lipinski definition) is 10. The molecular weight excluding hydrogens is 353 g/mol. The minimum Gasteiger partial charge on any atom is -0.480 e. The van der Waals surface area contributed by atoms with Crippen molar-refractivity contribution in [2.24, 2.45) is 11.7 Å². The predicted octanol–water partition coefficient (Wildman–Crippen LogP) is -4.24. The molecule has 24 heavy (non-hydrogen) atoms. The molecular formula is C5H19B4F4NO10. The highest BCUT2D eigenvalue weighted by Crippen LogP contribution is 1.96. The lowest BCUT2D eigenvalue weighted by Gasteiger charge is -2.07. The average Bonchev–Trinajstić information content (AvgIpc) is 2.24. The van der Waals surface area contributed by atoms with Crippen LogP contribution in [0.2, 0.25) is 0 Å². The van der Waals surface area contributed by atoms with E-state index in [2.05, 4.69) is 0 Å². The summed E-state index contributed by atoms with van der Waals surface area (Å²) < 4.78 is 40.4. The summed E-state index contributed by atoms with van der Waals surface area (Å²) in [6.45, 7) is 3.55. The van der Waals surface area contributed by atoms with Gasteiger partial charge in [-0.15, -0.1) is 0 Å². The Labute approximate surface area is 135 Å². The van der Waals surface area contributed by atoms with Crippen molar-refractivity contribution in [2.45, 2.75) is 19.9 Å². The molecule has 11 nitrogen and oxygen atoms in total. The molecule has 19 heteroatoms. The third kappa shape index (κ3) is 169. The zero-order chi connectivity index (χ0) is 21.0. The number of carboxylic acid groups (broad SMARTS) is 1. The van der Waals surface area contributed by atoms with Crippen molar-refractivity contribution in [3.05, 3.63) is 0 Å². The summed E-state index contributed by atoms with van der Waals surface area (Å²) in [5.74, 6) is -0.910. The highest BCUT2D eigenvalue weighted by atomic mass is 19.1. The Balaban J connectivity index is -0.0000000657. The van der Waals surface area contributed by atoms with E-state index in [-0.39, 0.29) is 5.92 Å². The Kier molecular flexibility index (Phi) is 34.9. The van der Waals surface area contributed by atoms with Crippen LogP contribution in [0.3, 0.4) is 0 Å². The van der Waals surface area contributed by atoms with Crippen molar-refractivity contribution in [3.63, 3.8) is 0 Å². The summed E-state index contributed by atoms with van der Waals surface area (Å²) in [4.78, 5) is 10.0. The molecule has 0 spiro atoms. The van der Waals surface area contributed by atoms with Gasteiger partial charge in [-0.25, -0.2) is 0 Å². The maximum atomic E-state index is 10.1. The van der Waals surface area contributed by atoms with E-state index in [9.17, 15) is 22.1 Å². The predicted molar refractivity (Wildman–Crippen MR) is 75.6 cm³/mol. The Morgan fingerprint density at radius 1 is 0.750 bits per heavy atom. The topological polar surface area (TPSA) is 225 Å². The minimum atomic E-state index is -2.67. The second-order valence-electron chi connectivity index (χ2n) is 3.35. The molecule has 0 rings (SSSR count). The van der Waals surface area contributed by atoms with Crippen molar-refractivity contribution in [2.75, 3.05) is 0 Å². The first-order valence-electron chi connectivity index (χ1n) is 5.48. The number of carboxylic acids is 1. The van der Waals surface area contributed by atoms with Gasteiger partial charge in [0.2, 0.25) is 0 Å². The van der Waals surface area contributed by atoms with Crippen LogP contribution in [0.4, 0.5) is 17.3 Å². The first kappa shape index (κ1) is 34.4. The van der Waals surface area contributed by atoms with Crippen LogP contribution in [0.15, 0.2) is 0 Å². The van der Waals surface area contributed by atoms with E-state index in [1.165, 1.54) is 0 Å². The Bertz CT molecular complexity index is 220. The molecule has 0 radical (unpaired) electrons. The summed E-state index contributed by atoms with van der Waals surface area (Å²) in [5, 5.41) is 63.8. The third-order valence-electron chi connectivity index (χ3n) is 1.00. The number of halogens is 4. The number of rotatable bonds is 2. The molecule has 0 fully saturated rings. The molecule has 0 saturated heterocycles. The van der Waals surface area contributed by atoms with Gasteiger partial charge in [0.05, 0.1) is 0 Å². The standard InChI is InChI=1S/C5H11NO2.4BFH2O2/c1-3(2)4(6)5(7)8;4*2-1(3)4/h3-4H,6H2,1-2H3,(H,7,8);4*3-4H/t4-;;;;/m0..../s1. The molecule has 0 unspecified atom stereocenters. The second kappa shape index (κ2) is 24.3. The molecule has 0 aliphatic rings. The van der Waals surface area contributed by atoms with Crippen LogP contribution in [0.1, 0.15) is 13.8 Å². The van der Waals surface area contributed by atoms with Crippen LogP contribution >= 0.6 is 0 Å². The molecule has 0 aliphatic heterocycles. The Morgan fingerprint density at radius 3 is 0.875 bits per heavy atom. The van der Waals surface area contributed by atoms with Crippen molar-refractivity contribution in [1.29, 1.82) is 0 Å². The summed E-state index contributed by atoms with van der Waals surface area (Å²) >= 11 is 0. The average molecular weight is 372 g/mol. The summed E-state index contributed by atoms with van der Waals surface area (Å²) in [6, 6.07) is -0.713. The van der Waals surface area contributed by atoms with Gasteiger partial charge < -0.3 is 51.0 Å². The number of hydrogen-bond donors (Lipinski definition) is 10. The van der Waals surface area contributed by atoms with Gasteiger partial charge in [-0.2, -0.15) is 0 Å². The number of carbonyl (C=O) groups is 1. The highest BCUT2D eigenvalue weighted by molar-refractivity contribution is 6.32. The van der Waals surface area contributed by atoms with Crippen LogP contribution in [-0.2, 0) is 4.79 Å². The lowest BCUT2D eigenvalue weighted by Crippen LogP contribution is -2.34. The van der Waals surface area contributed by atoms with Gasteiger partial charge in [0.15, 0.2) is 0 Å². The van der Waals surface area contributed by atoms with Crippen LogP contribution in [0.25, 0.3) is 0 Å². The van der Waals surface area contributed by atoms with E-state index in [4.69, 9.17) is 51.0 Å². The molecule has 0 aliphatic carbocycles. The van der Waals surface area contributed by atoms with Crippen LogP contribution < -0.4 is 5.73 Å². The highest BCUT2D eigenvalue weighted by Gasteiger charge is 2.14. The van der Waals surface area contributed by atoms with Crippen molar-refractivity contribution in [3.8, 4) is 0 Å². The largest absolute Gasteiger partial charge is 0.674 e. The van der Waals surface area contributed by atoms with E-state index >= 15 is 0 Å². The van der Waals surface area contributed by atoms with Crippen LogP contribution in [-0.4, -0.2) is 86.9 Å². The van der Waals surface area contributed by atoms with E-state index in [1.807, 2.05) is 0 Å². The van der Waals surface area contributed by atoms with Crippen LogP contribution in [0.5, 0.6) is 0 Å². The van der Waals surface area contributed by atoms with Gasteiger partial charge in [-0.3, -0.25) is 22.1 Å². The van der Waals surface area contributed by atoms with Crippen molar-refractivity contribution >= 4 is 35.6 Å². The lowest BCUT2D eigenvalue weighted by atomic mass is 10.1. The van der Waals surface area contributed by atoms with Crippen molar-refractivity contribution < 1.29 is 67.4 Å². The molecule has 0 heterocycles. The first-order valence-corrected chi connectivity index (χ1v) is 5.48. The lowest BCUT2D eigenvalue weighted by molar-refractivity contribution is -0.139. The van der Waals surface area contributed by atoms with E-state index in [0.717, 1.165) is 0 Å². The monoisotopic (exact) mass is 373 g/mol. The normalized spacial score (nSPS) is 9.17. The molecule has 0 aromatic carbocycles. The van der Waals surface area contributed by atoms with Gasteiger partial charge in [0.25, 0.3) is 0 Å². The Morgan fingerprint density at radius 2 is 0.875 bits per heavy atom. The minimum absolute atomic E-state index is 0.0208. The van der Waals surface area contributed by atoms with Gasteiger partial charge in [-0.05, 0) is 5.92 Å². The first-order chi connectivity index (χ1) is 10.5. The summed E-state index contributed by atoms with van der Waals surface area (Å²) in [6.07, 6.45) is 0. The molecule has 0 aromatic rings. The van der Waals surface area contributed by atoms with Gasteiger partial charge in [0, 0.05) is 0 Å². The number of aliphatic carboxylic acids is 1. The molecule has 1 atom stereocenters. The SMILES string of the molecule is CC(C)[C@H](N)C(=O)O.OB(O)F.OB(O)F.OB(O)F.OB(O)F. The summed E-state index contributed by atoms with van der Waals surface area (Å²) in [7, 11) is -10.7. The van der Waals surface area contributed by atoms with E-state index in [1.54, 1.807) is 13.8 Å². The van der Waals surface area contributed by atoms with E-state index in [0.29, 0.717) is 0 Å². The maximum absolute atomic E-state index is 10.1. The fourth-order valence-corrected chi connectivity index (χ4v) is 0.285. The van der Waals surface area contributed by atoms with Gasteiger partial charge in [-0.1, -0.05) is 13.8 Å². The van der Waals surface area contributed by atoms with Gasteiger partial charge in [0.1, 0.15) is 6.04 Å². The smallest absolute Gasteiger partial charge is 0.480 e. The molecule has 0 amide bonds. The Hall–Kier alpha value is -0.910. The fraction of sp³-hybridized carbons (Fsp3) is 0.800.